The van der Waals surface area contributed by atoms with E-state index in [2.05, 4.69) is 17.3 Å². The molecule has 1 amide bonds. The molecule has 1 fully saturated rings. The average Bonchev–Trinajstić information content (AvgIpc) is 2.40. The van der Waals surface area contributed by atoms with E-state index in [1.165, 1.54) is 0 Å². The zero-order valence-corrected chi connectivity index (χ0v) is 12.2. The second-order valence-electron chi connectivity index (χ2n) is 5.00. The number of halogens is 1. The number of carbonyl (C=O) groups is 1. The summed E-state index contributed by atoms with van der Waals surface area (Å²) in [5, 5.41) is 3.85. The van der Waals surface area contributed by atoms with E-state index in [0.29, 0.717) is 11.6 Å². The number of amides is 1. The van der Waals surface area contributed by atoms with Gasteiger partial charge in [0.05, 0.1) is 6.54 Å². The topological polar surface area (TPSA) is 35.6 Å². The Balaban J connectivity index is 1.88. The van der Waals surface area contributed by atoms with Gasteiger partial charge in [0.1, 0.15) is 0 Å². The van der Waals surface area contributed by atoms with Crippen molar-refractivity contribution >= 4 is 23.2 Å². The molecule has 1 aliphatic heterocycles. The molecule has 1 aliphatic rings. The molecule has 1 heterocycles. The number of nitrogens with zero attached hydrogens (tertiary/aromatic N) is 2. The molecule has 0 radical (unpaired) electrons. The number of anilines is 1. The molecule has 5 heteroatoms. The fourth-order valence-electron chi connectivity index (χ4n) is 2.12. The molecule has 19 heavy (non-hydrogen) atoms. The van der Waals surface area contributed by atoms with Gasteiger partial charge in [-0.2, -0.15) is 0 Å². The van der Waals surface area contributed by atoms with Gasteiger partial charge >= 0.3 is 0 Å². The molecular formula is C14H20ClN3O. The molecule has 0 saturated carbocycles. The van der Waals surface area contributed by atoms with Crippen LogP contribution in [0.3, 0.4) is 0 Å². The fourth-order valence-corrected chi connectivity index (χ4v) is 2.30. The van der Waals surface area contributed by atoms with Crippen molar-refractivity contribution in [1.29, 1.82) is 0 Å². The largest absolute Gasteiger partial charge is 0.376 e. The zero-order valence-electron chi connectivity index (χ0n) is 11.4. The lowest BCUT2D eigenvalue weighted by molar-refractivity contribution is -0.130. The van der Waals surface area contributed by atoms with Crippen molar-refractivity contribution in [2.24, 2.45) is 0 Å². The summed E-state index contributed by atoms with van der Waals surface area (Å²) >= 11 is 5.96. The maximum Gasteiger partial charge on any atom is 0.241 e. The highest BCUT2D eigenvalue weighted by Crippen LogP contribution is 2.19. The highest BCUT2D eigenvalue weighted by Gasteiger charge is 2.18. The summed E-state index contributed by atoms with van der Waals surface area (Å²) in [6.07, 6.45) is 0. The third-order valence-electron chi connectivity index (χ3n) is 3.49. The summed E-state index contributed by atoms with van der Waals surface area (Å²) in [6.45, 7) is 5.84. The molecule has 2 rings (SSSR count). The van der Waals surface area contributed by atoms with Gasteiger partial charge in [-0.15, -0.1) is 0 Å². The van der Waals surface area contributed by atoms with E-state index in [0.717, 1.165) is 37.4 Å². The van der Waals surface area contributed by atoms with Crippen LogP contribution < -0.4 is 5.32 Å². The molecule has 0 aliphatic carbocycles. The van der Waals surface area contributed by atoms with E-state index >= 15 is 0 Å². The quantitative estimate of drug-likeness (QED) is 0.918. The van der Waals surface area contributed by atoms with E-state index in [-0.39, 0.29) is 5.91 Å². The lowest BCUT2D eigenvalue weighted by Gasteiger charge is -2.32. The van der Waals surface area contributed by atoms with Gasteiger partial charge < -0.3 is 15.1 Å². The van der Waals surface area contributed by atoms with E-state index in [1.807, 2.05) is 30.0 Å². The first-order chi connectivity index (χ1) is 9.06. The molecule has 1 aromatic rings. The summed E-state index contributed by atoms with van der Waals surface area (Å²) < 4.78 is 0. The first-order valence-corrected chi connectivity index (χ1v) is 6.90. The minimum atomic E-state index is 0.146. The van der Waals surface area contributed by atoms with Crippen LogP contribution in [0.5, 0.6) is 0 Å². The fraction of sp³-hybridized carbons (Fsp3) is 0.500. The van der Waals surface area contributed by atoms with Gasteiger partial charge in [0.25, 0.3) is 0 Å². The number of rotatable bonds is 3. The molecule has 4 nitrogen and oxygen atoms in total. The standard InChI is InChI=1S/C14H20ClN3O/c1-11-3-4-12(15)9-13(11)16-10-14(19)18-7-5-17(2)6-8-18/h3-4,9,16H,5-8,10H2,1-2H3. The van der Waals surface area contributed by atoms with E-state index in [1.54, 1.807) is 0 Å². The Hall–Kier alpha value is -1.26. The third kappa shape index (κ3) is 3.85. The molecule has 0 atom stereocenters. The lowest BCUT2D eigenvalue weighted by atomic mass is 10.2. The molecule has 1 saturated heterocycles. The van der Waals surface area contributed by atoms with Gasteiger partial charge in [-0.25, -0.2) is 0 Å². The Morgan fingerprint density at radius 1 is 1.32 bits per heavy atom. The molecule has 0 aromatic heterocycles. The predicted octanol–water partition coefficient (Wildman–Crippen LogP) is 1.83. The number of benzene rings is 1. The van der Waals surface area contributed by atoms with Crippen LogP contribution in [-0.2, 0) is 4.79 Å². The predicted molar refractivity (Wildman–Crippen MR) is 78.8 cm³/mol. The molecular weight excluding hydrogens is 262 g/mol. The van der Waals surface area contributed by atoms with Crippen molar-refractivity contribution in [3.05, 3.63) is 28.8 Å². The van der Waals surface area contributed by atoms with Gasteiger partial charge in [0, 0.05) is 36.9 Å². The molecule has 0 spiro atoms. The zero-order chi connectivity index (χ0) is 13.8. The molecule has 104 valence electrons. The maximum absolute atomic E-state index is 12.1. The number of nitrogens with one attached hydrogen (secondary N) is 1. The van der Waals surface area contributed by atoms with Gasteiger partial charge in [-0.3, -0.25) is 4.79 Å². The van der Waals surface area contributed by atoms with Crippen LogP contribution in [-0.4, -0.2) is 55.5 Å². The Bertz CT molecular complexity index is 456. The van der Waals surface area contributed by atoms with Crippen molar-refractivity contribution in [3.63, 3.8) is 0 Å². The summed E-state index contributed by atoms with van der Waals surface area (Å²) in [5.41, 5.74) is 2.02. The van der Waals surface area contributed by atoms with Crippen LogP contribution in [0.25, 0.3) is 0 Å². The molecule has 1 N–H and O–H groups in total. The van der Waals surface area contributed by atoms with Gasteiger partial charge in [-0.05, 0) is 31.7 Å². The molecule has 0 unspecified atom stereocenters. The van der Waals surface area contributed by atoms with Crippen LogP contribution in [0.2, 0.25) is 5.02 Å². The number of hydrogen-bond acceptors (Lipinski definition) is 3. The second kappa shape index (κ2) is 6.26. The summed E-state index contributed by atoms with van der Waals surface area (Å²) in [6, 6.07) is 5.66. The second-order valence-corrected chi connectivity index (χ2v) is 5.43. The van der Waals surface area contributed by atoms with Crippen LogP contribution in [0.15, 0.2) is 18.2 Å². The maximum atomic E-state index is 12.1. The normalized spacial score (nSPS) is 16.5. The van der Waals surface area contributed by atoms with Gasteiger partial charge in [0.15, 0.2) is 0 Å². The lowest BCUT2D eigenvalue weighted by Crippen LogP contribution is -2.48. The van der Waals surface area contributed by atoms with Crippen LogP contribution >= 0.6 is 11.6 Å². The van der Waals surface area contributed by atoms with Crippen LogP contribution in [0.1, 0.15) is 5.56 Å². The number of carbonyl (C=O) groups excluding carboxylic acids is 1. The Kier molecular flexibility index (Phi) is 4.66. The van der Waals surface area contributed by atoms with Crippen molar-refractivity contribution in [1.82, 2.24) is 9.80 Å². The average molecular weight is 282 g/mol. The highest BCUT2D eigenvalue weighted by molar-refractivity contribution is 6.30. The Morgan fingerprint density at radius 2 is 2.00 bits per heavy atom. The first kappa shape index (κ1) is 14.2. The van der Waals surface area contributed by atoms with Crippen LogP contribution in [0.4, 0.5) is 5.69 Å². The summed E-state index contributed by atoms with van der Waals surface area (Å²) in [4.78, 5) is 16.2. The monoisotopic (exact) mass is 281 g/mol. The Morgan fingerprint density at radius 3 is 2.68 bits per heavy atom. The van der Waals surface area contributed by atoms with Gasteiger partial charge in [-0.1, -0.05) is 17.7 Å². The summed E-state index contributed by atoms with van der Waals surface area (Å²) in [5.74, 6) is 0.146. The minimum Gasteiger partial charge on any atom is -0.376 e. The van der Waals surface area contributed by atoms with Crippen molar-refractivity contribution in [3.8, 4) is 0 Å². The Labute approximate surface area is 119 Å². The first-order valence-electron chi connectivity index (χ1n) is 6.52. The number of likely N-dealkylation sites (N-methyl/N-ethyl adjacent to an activating group) is 1. The SMILES string of the molecule is Cc1ccc(Cl)cc1NCC(=O)N1CCN(C)CC1. The minimum absolute atomic E-state index is 0.146. The third-order valence-corrected chi connectivity index (χ3v) is 3.72. The van der Waals surface area contributed by atoms with E-state index < -0.39 is 0 Å². The number of aryl methyl sites for hydroxylation is 1. The number of hydrogen-bond donors (Lipinski definition) is 1. The van der Waals surface area contributed by atoms with Gasteiger partial charge in [0.2, 0.25) is 5.91 Å². The molecule has 0 bridgehead atoms. The number of piperazine rings is 1. The van der Waals surface area contributed by atoms with E-state index in [9.17, 15) is 4.79 Å². The van der Waals surface area contributed by atoms with Crippen molar-refractivity contribution < 1.29 is 4.79 Å². The summed E-state index contributed by atoms with van der Waals surface area (Å²) in [7, 11) is 2.08. The van der Waals surface area contributed by atoms with Crippen LogP contribution in [0, 0.1) is 6.92 Å². The highest BCUT2D eigenvalue weighted by atomic mass is 35.5. The van der Waals surface area contributed by atoms with Crippen molar-refractivity contribution in [2.75, 3.05) is 45.1 Å². The van der Waals surface area contributed by atoms with Crippen molar-refractivity contribution in [2.45, 2.75) is 6.92 Å². The smallest absolute Gasteiger partial charge is 0.241 e. The molecule has 1 aromatic carbocycles. The van der Waals surface area contributed by atoms with E-state index in [4.69, 9.17) is 11.6 Å².